The predicted octanol–water partition coefficient (Wildman–Crippen LogP) is 3.50. The first-order valence-electron chi connectivity index (χ1n) is 8.59. The molecule has 0 saturated carbocycles. The van der Waals surface area contributed by atoms with Gasteiger partial charge in [0.2, 0.25) is 0 Å². The van der Waals surface area contributed by atoms with Crippen LogP contribution in [0.15, 0.2) is 23.8 Å². The largest absolute Gasteiger partial charge is 0.443 e. The molecular weight excluding hydrogens is 304 g/mol. The van der Waals surface area contributed by atoms with Gasteiger partial charge in [-0.2, -0.15) is 0 Å². The number of carbonyl (C=O) groups is 1. The van der Waals surface area contributed by atoms with Crippen LogP contribution in [0.25, 0.3) is 6.08 Å². The molecule has 1 atom stereocenters. The maximum absolute atomic E-state index is 12.0. The van der Waals surface area contributed by atoms with Crippen LogP contribution in [0, 0.1) is 6.92 Å². The van der Waals surface area contributed by atoms with Crippen LogP contribution in [0.1, 0.15) is 37.8 Å². The maximum atomic E-state index is 12.0. The first-order chi connectivity index (χ1) is 11.5. The third-order valence-electron chi connectivity index (χ3n) is 4.09. The quantitative estimate of drug-likeness (QED) is 0.740. The number of ether oxygens (including phenoxy) is 2. The molecule has 1 aliphatic rings. The van der Waals surface area contributed by atoms with Gasteiger partial charge in [0, 0.05) is 18.8 Å². The number of amides is 1. The van der Waals surface area contributed by atoms with Crippen LogP contribution < -0.4 is 10.6 Å². The summed E-state index contributed by atoms with van der Waals surface area (Å²) in [6.07, 6.45) is 3.78. The number of unbranched alkanes of at least 4 members (excludes halogenated alkanes) is 1. The lowest BCUT2D eigenvalue weighted by molar-refractivity contribution is 0.145. The first kappa shape index (κ1) is 18.5. The van der Waals surface area contributed by atoms with E-state index in [0.717, 1.165) is 41.8 Å². The zero-order valence-electron chi connectivity index (χ0n) is 14.9. The molecule has 0 aromatic heterocycles. The van der Waals surface area contributed by atoms with E-state index in [1.807, 2.05) is 18.2 Å². The summed E-state index contributed by atoms with van der Waals surface area (Å²) in [5.74, 6) is 0. The van der Waals surface area contributed by atoms with Crippen molar-refractivity contribution < 1.29 is 14.3 Å². The van der Waals surface area contributed by atoms with E-state index in [9.17, 15) is 4.79 Å². The standard InChI is InChI=1S/C19H28N2O3/c1-4-5-8-23-13-14(2)9-16-10-17(7-6-15(16)3)21-12-18(11-20)24-19(21)22/h6-7,9-10,18H,4-5,8,11-13,20H2,1-3H3/b14-9+. The van der Waals surface area contributed by atoms with Gasteiger partial charge in [-0.25, -0.2) is 4.79 Å². The summed E-state index contributed by atoms with van der Waals surface area (Å²) in [6.45, 7) is 8.54. The molecule has 0 radical (unpaired) electrons. The molecule has 1 aromatic carbocycles. The zero-order valence-corrected chi connectivity index (χ0v) is 14.9. The SMILES string of the molecule is CCCCOC/C(C)=C/c1cc(N2CC(CN)OC2=O)ccc1C. The number of cyclic esters (lactones) is 1. The zero-order chi connectivity index (χ0) is 17.5. The summed E-state index contributed by atoms with van der Waals surface area (Å²) in [7, 11) is 0. The Labute approximate surface area is 144 Å². The lowest BCUT2D eigenvalue weighted by Gasteiger charge is -2.15. The van der Waals surface area contributed by atoms with Crippen LogP contribution >= 0.6 is 0 Å². The highest BCUT2D eigenvalue weighted by Crippen LogP contribution is 2.25. The highest BCUT2D eigenvalue weighted by atomic mass is 16.6. The van der Waals surface area contributed by atoms with Crippen molar-refractivity contribution in [2.75, 3.05) is 31.2 Å². The second-order valence-electron chi connectivity index (χ2n) is 6.29. The van der Waals surface area contributed by atoms with Gasteiger partial charge in [-0.3, -0.25) is 4.90 Å². The van der Waals surface area contributed by atoms with E-state index in [4.69, 9.17) is 15.2 Å². The molecule has 1 heterocycles. The van der Waals surface area contributed by atoms with Crippen LogP contribution in [0.2, 0.25) is 0 Å². The fourth-order valence-electron chi connectivity index (χ4n) is 2.59. The summed E-state index contributed by atoms with van der Waals surface area (Å²) in [5.41, 5.74) is 9.85. The van der Waals surface area contributed by atoms with Crippen LogP contribution in [-0.4, -0.2) is 38.5 Å². The number of aryl methyl sites for hydroxylation is 1. The van der Waals surface area contributed by atoms with Gasteiger partial charge in [-0.05, 0) is 49.1 Å². The van der Waals surface area contributed by atoms with Crippen LogP contribution in [0.5, 0.6) is 0 Å². The molecule has 1 amide bonds. The minimum Gasteiger partial charge on any atom is -0.443 e. The van der Waals surface area contributed by atoms with Crippen molar-refractivity contribution in [1.29, 1.82) is 0 Å². The molecule has 2 N–H and O–H groups in total. The fourth-order valence-corrected chi connectivity index (χ4v) is 2.59. The van der Waals surface area contributed by atoms with E-state index in [0.29, 0.717) is 19.7 Å². The number of hydrogen-bond donors (Lipinski definition) is 1. The fraction of sp³-hybridized carbons (Fsp3) is 0.526. The van der Waals surface area contributed by atoms with Crippen LogP contribution in [0.4, 0.5) is 10.5 Å². The number of rotatable bonds is 8. The Morgan fingerprint density at radius 3 is 2.96 bits per heavy atom. The molecule has 2 rings (SSSR count). The van der Waals surface area contributed by atoms with Gasteiger partial charge < -0.3 is 15.2 Å². The normalized spacial score (nSPS) is 18.2. The predicted molar refractivity (Wildman–Crippen MR) is 97.2 cm³/mol. The van der Waals surface area contributed by atoms with Crippen molar-refractivity contribution in [3.8, 4) is 0 Å². The van der Waals surface area contributed by atoms with E-state index < -0.39 is 0 Å². The van der Waals surface area contributed by atoms with E-state index >= 15 is 0 Å². The second kappa shape index (κ2) is 8.85. The van der Waals surface area contributed by atoms with Gasteiger partial charge in [-0.15, -0.1) is 0 Å². The number of nitrogens with zero attached hydrogens (tertiary/aromatic N) is 1. The van der Waals surface area contributed by atoms with Crippen molar-refractivity contribution in [2.24, 2.45) is 5.73 Å². The number of carbonyl (C=O) groups excluding carboxylic acids is 1. The van der Waals surface area contributed by atoms with Gasteiger partial charge in [0.1, 0.15) is 6.10 Å². The summed E-state index contributed by atoms with van der Waals surface area (Å²) >= 11 is 0. The number of anilines is 1. The van der Waals surface area contributed by atoms with E-state index in [-0.39, 0.29) is 12.2 Å². The third kappa shape index (κ3) is 4.82. The highest BCUT2D eigenvalue weighted by Gasteiger charge is 2.31. The smallest absolute Gasteiger partial charge is 0.414 e. The lowest BCUT2D eigenvalue weighted by Crippen LogP contribution is -2.27. The molecule has 0 spiro atoms. The Bertz CT molecular complexity index is 598. The first-order valence-corrected chi connectivity index (χ1v) is 8.59. The monoisotopic (exact) mass is 332 g/mol. The Morgan fingerprint density at radius 2 is 2.29 bits per heavy atom. The molecule has 1 fully saturated rings. The molecule has 0 aliphatic carbocycles. The maximum Gasteiger partial charge on any atom is 0.414 e. The third-order valence-corrected chi connectivity index (χ3v) is 4.09. The topological polar surface area (TPSA) is 64.8 Å². The Balaban J connectivity index is 2.09. The van der Waals surface area contributed by atoms with Crippen LogP contribution in [-0.2, 0) is 9.47 Å². The number of nitrogens with two attached hydrogens (primary N) is 1. The highest BCUT2D eigenvalue weighted by molar-refractivity contribution is 5.90. The molecule has 1 aliphatic heterocycles. The average Bonchev–Trinajstić information content (AvgIpc) is 2.95. The van der Waals surface area contributed by atoms with Crippen molar-refractivity contribution >= 4 is 17.9 Å². The second-order valence-corrected chi connectivity index (χ2v) is 6.29. The van der Waals surface area contributed by atoms with Gasteiger partial charge in [0.25, 0.3) is 0 Å². The lowest BCUT2D eigenvalue weighted by atomic mass is 10.0. The van der Waals surface area contributed by atoms with E-state index in [1.54, 1.807) is 4.90 Å². The van der Waals surface area contributed by atoms with Gasteiger partial charge in [-0.1, -0.05) is 25.5 Å². The minimum atomic E-state index is -0.330. The Morgan fingerprint density at radius 1 is 1.50 bits per heavy atom. The molecule has 132 valence electrons. The summed E-state index contributed by atoms with van der Waals surface area (Å²) in [6, 6.07) is 5.99. The summed E-state index contributed by atoms with van der Waals surface area (Å²) in [5, 5.41) is 0. The van der Waals surface area contributed by atoms with E-state index in [1.165, 1.54) is 0 Å². The molecule has 1 saturated heterocycles. The number of hydrogen-bond acceptors (Lipinski definition) is 4. The van der Waals surface area contributed by atoms with Crippen molar-refractivity contribution in [2.45, 2.75) is 39.7 Å². The molecule has 5 nitrogen and oxygen atoms in total. The van der Waals surface area contributed by atoms with Crippen molar-refractivity contribution in [3.63, 3.8) is 0 Å². The van der Waals surface area contributed by atoms with Gasteiger partial charge in [0.15, 0.2) is 0 Å². The average molecular weight is 332 g/mol. The van der Waals surface area contributed by atoms with Crippen molar-refractivity contribution in [1.82, 2.24) is 0 Å². The molecule has 1 aromatic rings. The minimum absolute atomic E-state index is 0.230. The summed E-state index contributed by atoms with van der Waals surface area (Å²) in [4.78, 5) is 13.6. The molecule has 1 unspecified atom stereocenters. The molecule has 24 heavy (non-hydrogen) atoms. The molecule has 0 bridgehead atoms. The van der Waals surface area contributed by atoms with Gasteiger partial charge >= 0.3 is 6.09 Å². The van der Waals surface area contributed by atoms with E-state index in [2.05, 4.69) is 26.8 Å². The molecular formula is C19H28N2O3. The number of benzene rings is 1. The Kier molecular flexibility index (Phi) is 6.82. The summed E-state index contributed by atoms with van der Waals surface area (Å²) < 4.78 is 10.9. The Hall–Kier alpha value is -1.85. The van der Waals surface area contributed by atoms with Gasteiger partial charge in [0.05, 0.1) is 13.2 Å². The van der Waals surface area contributed by atoms with Crippen LogP contribution in [0.3, 0.4) is 0 Å². The van der Waals surface area contributed by atoms with Crippen molar-refractivity contribution in [3.05, 3.63) is 34.9 Å². The molecule has 5 heteroatoms.